The minimum absolute atomic E-state index is 0.585. The number of aromatic nitrogens is 4. The van der Waals surface area contributed by atoms with Crippen LogP contribution in [0.3, 0.4) is 0 Å². The number of aromatic amines is 1. The number of hydrogen-bond acceptors (Lipinski definition) is 4. The maximum Gasteiger partial charge on any atom is 0.214 e. The van der Waals surface area contributed by atoms with Gasteiger partial charge in [0, 0.05) is 5.56 Å². The molecular formula is C9H6N4O. The van der Waals surface area contributed by atoms with Gasteiger partial charge in [-0.25, -0.2) is 4.98 Å². The van der Waals surface area contributed by atoms with Crippen molar-refractivity contribution in [2.45, 2.75) is 0 Å². The van der Waals surface area contributed by atoms with Gasteiger partial charge in [0.05, 0.1) is 17.4 Å². The number of H-pyrrole nitrogens is 1. The van der Waals surface area contributed by atoms with E-state index in [4.69, 9.17) is 0 Å². The minimum Gasteiger partial charge on any atom is -0.345 e. The number of imidazole rings is 1. The van der Waals surface area contributed by atoms with Gasteiger partial charge in [0.25, 0.3) is 0 Å². The van der Waals surface area contributed by atoms with Gasteiger partial charge in [-0.1, -0.05) is 5.16 Å². The van der Waals surface area contributed by atoms with Gasteiger partial charge in [0.2, 0.25) is 12.2 Å². The average Bonchev–Trinajstić information content (AvgIpc) is 2.88. The van der Waals surface area contributed by atoms with Crippen LogP contribution in [0.2, 0.25) is 0 Å². The van der Waals surface area contributed by atoms with Crippen molar-refractivity contribution in [3.63, 3.8) is 0 Å². The van der Waals surface area contributed by atoms with Gasteiger partial charge < -0.3 is 9.51 Å². The average molecular weight is 186 g/mol. The van der Waals surface area contributed by atoms with Crippen molar-refractivity contribution >= 4 is 11.0 Å². The van der Waals surface area contributed by atoms with Crippen LogP contribution >= 0.6 is 0 Å². The van der Waals surface area contributed by atoms with Crippen LogP contribution in [0.25, 0.3) is 22.4 Å². The maximum atomic E-state index is 4.68. The van der Waals surface area contributed by atoms with Crippen molar-refractivity contribution in [2.75, 3.05) is 0 Å². The smallest absolute Gasteiger partial charge is 0.214 e. The minimum atomic E-state index is 0.585. The Hall–Kier alpha value is -2.17. The first-order valence-corrected chi connectivity index (χ1v) is 4.13. The van der Waals surface area contributed by atoms with Gasteiger partial charge in [-0.15, -0.1) is 0 Å². The van der Waals surface area contributed by atoms with E-state index in [-0.39, 0.29) is 0 Å². The maximum absolute atomic E-state index is 4.68. The van der Waals surface area contributed by atoms with Gasteiger partial charge in [0.15, 0.2) is 0 Å². The zero-order valence-corrected chi connectivity index (χ0v) is 7.14. The largest absolute Gasteiger partial charge is 0.345 e. The van der Waals surface area contributed by atoms with Crippen molar-refractivity contribution < 1.29 is 4.52 Å². The molecule has 0 unspecified atom stereocenters. The molecule has 0 aliphatic carbocycles. The van der Waals surface area contributed by atoms with Crippen molar-refractivity contribution in [1.29, 1.82) is 0 Å². The Morgan fingerprint density at radius 3 is 3.07 bits per heavy atom. The first kappa shape index (κ1) is 7.25. The molecule has 0 bridgehead atoms. The van der Waals surface area contributed by atoms with Crippen LogP contribution < -0.4 is 0 Å². The summed E-state index contributed by atoms with van der Waals surface area (Å²) in [4.78, 5) is 11.1. The Kier molecular flexibility index (Phi) is 1.38. The molecule has 0 atom stereocenters. The van der Waals surface area contributed by atoms with Gasteiger partial charge in [-0.05, 0) is 18.2 Å². The van der Waals surface area contributed by atoms with E-state index in [0.717, 1.165) is 16.6 Å². The molecule has 5 heteroatoms. The van der Waals surface area contributed by atoms with Gasteiger partial charge in [-0.3, -0.25) is 0 Å². The molecule has 0 saturated carbocycles. The zero-order valence-electron chi connectivity index (χ0n) is 7.14. The van der Waals surface area contributed by atoms with E-state index >= 15 is 0 Å². The fraction of sp³-hybridized carbons (Fsp3) is 0. The lowest BCUT2D eigenvalue weighted by Crippen LogP contribution is -1.80. The molecule has 0 saturated heterocycles. The number of nitrogens with zero attached hydrogens (tertiary/aromatic N) is 3. The second-order valence-electron chi connectivity index (χ2n) is 2.89. The van der Waals surface area contributed by atoms with E-state index in [1.54, 1.807) is 6.33 Å². The summed E-state index contributed by atoms with van der Waals surface area (Å²) in [7, 11) is 0. The van der Waals surface area contributed by atoms with Gasteiger partial charge in [0.1, 0.15) is 0 Å². The highest BCUT2D eigenvalue weighted by Crippen LogP contribution is 2.18. The number of benzene rings is 1. The molecule has 3 aromatic rings. The Morgan fingerprint density at radius 1 is 1.21 bits per heavy atom. The van der Waals surface area contributed by atoms with Crippen molar-refractivity contribution in [1.82, 2.24) is 20.1 Å². The third-order valence-electron chi connectivity index (χ3n) is 2.04. The number of hydrogen-bond donors (Lipinski definition) is 1. The molecule has 0 spiro atoms. The molecule has 2 heterocycles. The van der Waals surface area contributed by atoms with Gasteiger partial charge in [-0.2, -0.15) is 4.98 Å². The molecule has 3 rings (SSSR count). The molecule has 0 aliphatic rings. The highest BCUT2D eigenvalue weighted by Gasteiger charge is 2.04. The molecule has 1 N–H and O–H groups in total. The number of nitrogens with one attached hydrogen (secondary N) is 1. The Labute approximate surface area is 78.8 Å². The molecule has 0 fully saturated rings. The third kappa shape index (κ3) is 0.990. The summed E-state index contributed by atoms with van der Waals surface area (Å²) in [5.41, 5.74) is 2.81. The lowest BCUT2D eigenvalue weighted by Gasteiger charge is -1.93. The van der Waals surface area contributed by atoms with Crippen LogP contribution in [0.4, 0.5) is 0 Å². The predicted molar refractivity (Wildman–Crippen MR) is 49.4 cm³/mol. The highest BCUT2D eigenvalue weighted by atomic mass is 16.5. The first-order chi connectivity index (χ1) is 6.93. The predicted octanol–water partition coefficient (Wildman–Crippen LogP) is 1.61. The van der Waals surface area contributed by atoms with Crippen molar-refractivity contribution in [3.8, 4) is 11.4 Å². The number of rotatable bonds is 1. The Morgan fingerprint density at radius 2 is 2.21 bits per heavy atom. The van der Waals surface area contributed by atoms with E-state index in [2.05, 4.69) is 24.6 Å². The van der Waals surface area contributed by atoms with E-state index in [0.29, 0.717) is 5.82 Å². The molecule has 5 nitrogen and oxygen atoms in total. The lowest BCUT2D eigenvalue weighted by atomic mass is 10.2. The highest BCUT2D eigenvalue weighted by molar-refractivity contribution is 5.79. The Balaban J connectivity index is 2.23. The van der Waals surface area contributed by atoms with Crippen molar-refractivity contribution in [2.24, 2.45) is 0 Å². The van der Waals surface area contributed by atoms with Gasteiger partial charge >= 0.3 is 0 Å². The molecule has 68 valence electrons. The fourth-order valence-electron chi connectivity index (χ4n) is 1.37. The van der Waals surface area contributed by atoms with Crippen molar-refractivity contribution in [3.05, 3.63) is 30.9 Å². The topological polar surface area (TPSA) is 67.6 Å². The lowest BCUT2D eigenvalue weighted by molar-refractivity contribution is 0.419. The molecule has 0 amide bonds. The third-order valence-corrected chi connectivity index (χ3v) is 2.04. The summed E-state index contributed by atoms with van der Waals surface area (Å²) in [6, 6.07) is 5.76. The second kappa shape index (κ2) is 2.66. The monoisotopic (exact) mass is 186 g/mol. The summed E-state index contributed by atoms with van der Waals surface area (Å²) < 4.78 is 4.68. The van der Waals surface area contributed by atoms with Crippen LogP contribution in [0.1, 0.15) is 0 Å². The molecule has 1 aromatic carbocycles. The van der Waals surface area contributed by atoms with Crippen LogP contribution in [0.15, 0.2) is 35.4 Å². The summed E-state index contributed by atoms with van der Waals surface area (Å²) >= 11 is 0. The molecule has 0 aliphatic heterocycles. The van der Waals surface area contributed by atoms with Crippen LogP contribution in [0, 0.1) is 0 Å². The second-order valence-corrected chi connectivity index (χ2v) is 2.89. The molecule has 2 aromatic heterocycles. The van der Waals surface area contributed by atoms with Crippen LogP contribution in [0.5, 0.6) is 0 Å². The standard InChI is InChI=1S/C9H6N4O/c1-2-7-8(11-4-10-7)3-6(1)9-12-5-14-13-9/h1-5H,(H,10,11). The first-order valence-electron chi connectivity index (χ1n) is 4.13. The van der Waals surface area contributed by atoms with E-state index in [9.17, 15) is 0 Å². The quantitative estimate of drug-likeness (QED) is 0.626. The van der Waals surface area contributed by atoms with E-state index in [1.807, 2.05) is 18.2 Å². The van der Waals surface area contributed by atoms with Crippen LogP contribution in [-0.2, 0) is 0 Å². The molecule has 14 heavy (non-hydrogen) atoms. The summed E-state index contributed by atoms with van der Waals surface area (Å²) in [6.07, 6.45) is 2.97. The summed E-state index contributed by atoms with van der Waals surface area (Å²) in [6.45, 7) is 0. The Bertz CT molecular complexity index is 555. The SMILES string of the molecule is c1nc2ccc(-c3ncon3)cc2[nH]1. The molecule has 0 radical (unpaired) electrons. The van der Waals surface area contributed by atoms with E-state index in [1.165, 1.54) is 6.39 Å². The summed E-state index contributed by atoms with van der Waals surface area (Å²) in [5.74, 6) is 0.585. The number of fused-ring (bicyclic) bond motifs is 1. The summed E-state index contributed by atoms with van der Waals surface area (Å²) in [5, 5.41) is 3.76. The zero-order chi connectivity index (χ0) is 9.38. The van der Waals surface area contributed by atoms with E-state index < -0.39 is 0 Å². The normalized spacial score (nSPS) is 10.9. The fourth-order valence-corrected chi connectivity index (χ4v) is 1.37. The molecular weight excluding hydrogens is 180 g/mol. The van der Waals surface area contributed by atoms with Crippen LogP contribution in [-0.4, -0.2) is 20.1 Å².